The van der Waals surface area contributed by atoms with E-state index in [9.17, 15) is 8.42 Å². The molecule has 70 valence electrons. The van der Waals surface area contributed by atoms with Crippen LogP contribution >= 0.6 is 0 Å². The first-order valence-corrected chi connectivity index (χ1v) is 5.55. The number of rotatable bonds is 0. The van der Waals surface area contributed by atoms with Gasteiger partial charge in [0.25, 0.3) is 0 Å². The molecule has 0 aromatic heterocycles. The van der Waals surface area contributed by atoms with Crippen molar-refractivity contribution < 1.29 is 12.6 Å². The fourth-order valence-electron chi connectivity index (χ4n) is 1.67. The molecule has 0 radical (unpaired) electrons. The molecule has 0 spiro atoms. The number of hydrogen-bond acceptors (Lipinski definition) is 3. The molecule has 2 aromatic carbocycles. The third-order valence-electron chi connectivity index (χ3n) is 2.29. The Morgan fingerprint density at radius 2 is 1.79 bits per heavy atom. The average molecular weight is 206 g/mol. The summed E-state index contributed by atoms with van der Waals surface area (Å²) in [5.41, 5.74) is 0. The molecule has 0 saturated heterocycles. The fraction of sp³-hybridized carbons (Fsp3) is 0. The van der Waals surface area contributed by atoms with Gasteiger partial charge in [0.05, 0.1) is 0 Å². The summed E-state index contributed by atoms with van der Waals surface area (Å²) in [4.78, 5) is 0.315. The second kappa shape index (κ2) is 2.27. The van der Waals surface area contributed by atoms with Crippen molar-refractivity contribution >= 4 is 20.9 Å². The monoisotopic (exact) mass is 206 g/mol. The normalized spacial score (nSPS) is 16.9. The lowest BCUT2D eigenvalue weighted by molar-refractivity contribution is 0.445. The van der Waals surface area contributed by atoms with Crippen molar-refractivity contribution in [1.29, 1.82) is 0 Å². The average Bonchev–Trinajstić information content (AvgIpc) is 2.15. The summed E-state index contributed by atoms with van der Waals surface area (Å²) in [6.45, 7) is 0. The van der Waals surface area contributed by atoms with Gasteiger partial charge in [-0.1, -0.05) is 30.3 Å². The first-order chi connectivity index (χ1) is 6.68. The van der Waals surface area contributed by atoms with Crippen LogP contribution in [0.15, 0.2) is 41.3 Å². The van der Waals surface area contributed by atoms with E-state index in [4.69, 9.17) is 0 Å². The number of fused-ring (bicyclic) bond motifs is 3. The topological polar surface area (TPSA) is 43.4 Å². The predicted octanol–water partition coefficient (Wildman–Crippen LogP) is 1.92. The molecule has 1 heterocycles. The lowest BCUT2D eigenvalue weighted by Crippen LogP contribution is -2.21. The fourth-order valence-corrected chi connectivity index (χ4v) is 2.82. The van der Waals surface area contributed by atoms with Crippen molar-refractivity contribution in [3.8, 4) is 5.75 Å². The second-order valence-corrected chi connectivity index (χ2v) is 4.63. The Hall–Kier alpha value is -1.55. The van der Waals surface area contributed by atoms with E-state index in [1.165, 1.54) is 0 Å². The van der Waals surface area contributed by atoms with Crippen LogP contribution in [-0.4, -0.2) is 8.42 Å². The van der Waals surface area contributed by atoms with Gasteiger partial charge in [-0.3, -0.25) is 0 Å². The van der Waals surface area contributed by atoms with Crippen molar-refractivity contribution in [2.45, 2.75) is 4.90 Å². The minimum atomic E-state index is -3.47. The van der Waals surface area contributed by atoms with E-state index in [2.05, 4.69) is 4.18 Å². The summed E-state index contributed by atoms with van der Waals surface area (Å²) in [7, 11) is -3.47. The molecule has 0 unspecified atom stereocenters. The van der Waals surface area contributed by atoms with E-state index in [1.807, 2.05) is 24.3 Å². The first-order valence-electron chi connectivity index (χ1n) is 4.15. The highest BCUT2D eigenvalue weighted by molar-refractivity contribution is 7.88. The first kappa shape index (κ1) is 7.82. The summed E-state index contributed by atoms with van der Waals surface area (Å²) in [6, 6.07) is 10.9. The maximum atomic E-state index is 11.3. The zero-order chi connectivity index (χ0) is 9.76. The van der Waals surface area contributed by atoms with Gasteiger partial charge in [-0.15, -0.1) is 0 Å². The van der Waals surface area contributed by atoms with Crippen LogP contribution in [0.5, 0.6) is 5.75 Å². The molecule has 0 saturated carbocycles. The summed E-state index contributed by atoms with van der Waals surface area (Å²) >= 11 is 0. The number of hydrogen-bond donors (Lipinski definition) is 0. The summed E-state index contributed by atoms with van der Waals surface area (Å²) in [5.74, 6) is 0.448. The van der Waals surface area contributed by atoms with Gasteiger partial charge < -0.3 is 4.18 Å². The van der Waals surface area contributed by atoms with Crippen molar-refractivity contribution in [3.05, 3.63) is 36.4 Å². The molecule has 14 heavy (non-hydrogen) atoms. The van der Waals surface area contributed by atoms with Crippen LogP contribution in [0.1, 0.15) is 0 Å². The van der Waals surface area contributed by atoms with Gasteiger partial charge in [-0.05, 0) is 11.5 Å². The van der Waals surface area contributed by atoms with Gasteiger partial charge in [0.15, 0.2) is 10.6 Å². The highest BCUT2D eigenvalue weighted by Crippen LogP contribution is 2.41. The predicted molar refractivity (Wildman–Crippen MR) is 51.8 cm³/mol. The Balaban J connectivity index is 2.55. The molecule has 4 heteroatoms. The zero-order valence-electron chi connectivity index (χ0n) is 7.10. The Morgan fingerprint density at radius 1 is 1.00 bits per heavy atom. The quantitative estimate of drug-likeness (QED) is 0.618. The third-order valence-corrected chi connectivity index (χ3v) is 3.61. The van der Waals surface area contributed by atoms with Gasteiger partial charge in [0.1, 0.15) is 0 Å². The second-order valence-electron chi connectivity index (χ2n) is 3.15. The lowest BCUT2D eigenvalue weighted by Gasteiger charge is -2.20. The number of benzene rings is 2. The van der Waals surface area contributed by atoms with E-state index in [1.54, 1.807) is 12.1 Å². The Labute approximate surface area is 81.1 Å². The van der Waals surface area contributed by atoms with Gasteiger partial charge in [0, 0.05) is 5.39 Å². The lowest BCUT2D eigenvalue weighted by atomic mass is 10.1. The van der Waals surface area contributed by atoms with E-state index in [0.717, 1.165) is 10.8 Å². The molecular formula is C10H6O3S. The molecule has 3 rings (SSSR count). The molecule has 2 aromatic rings. The highest BCUT2D eigenvalue weighted by atomic mass is 32.2. The Bertz CT molecular complexity index is 629. The summed E-state index contributed by atoms with van der Waals surface area (Å²) in [5, 5.41) is 1.65. The van der Waals surface area contributed by atoms with Crippen LogP contribution in [0.2, 0.25) is 0 Å². The molecule has 3 nitrogen and oxygen atoms in total. The molecule has 0 atom stereocenters. The van der Waals surface area contributed by atoms with Crippen LogP contribution in [0.4, 0.5) is 0 Å². The molecular weight excluding hydrogens is 200 g/mol. The van der Waals surface area contributed by atoms with Gasteiger partial charge in [-0.25, -0.2) is 0 Å². The van der Waals surface area contributed by atoms with Crippen LogP contribution in [0.25, 0.3) is 10.8 Å². The maximum absolute atomic E-state index is 11.3. The van der Waals surface area contributed by atoms with Gasteiger partial charge in [0.2, 0.25) is 0 Å². The smallest absolute Gasteiger partial charge is 0.343 e. The molecule has 1 aliphatic rings. The molecule has 1 aliphatic heterocycles. The zero-order valence-corrected chi connectivity index (χ0v) is 7.91. The molecule has 0 bridgehead atoms. The molecule has 0 amide bonds. The minimum absolute atomic E-state index is 0.315. The Morgan fingerprint density at radius 3 is 2.57 bits per heavy atom. The van der Waals surface area contributed by atoms with Crippen LogP contribution < -0.4 is 4.18 Å². The molecule has 0 aliphatic carbocycles. The highest BCUT2D eigenvalue weighted by Gasteiger charge is 2.35. The summed E-state index contributed by atoms with van der Waals surface area (Å²) < 4.78 is 27.3. The molecule has 0 N–H and O–H groups in total. The van der Waals surface area contributed by atoms with Crippen molar-refractivity contribution in [3.63, 3.8) is 0 Å². The van der Waals surface area contributed by atoms with Gasteiger partial charge in [-0.2, -0.15) is 8.42 Å². The largest absolute Gasteiger partial charge is 0.377 e. The van der Waals surface area contributed by atoms with Crippen molar-refractivity contribution in [2.24, 2.45) is 0 Å². The minimum Gasteiger partial charge on any atom is -0.377 e. The summed E-state index contributed by atoms with van der Waals surface area (Å²) in [6.07, 6.45) is 0. The maximum Gasteiger partial charge on any atom is 0.343 e. The van der Waals surface area contributed by atoms with Crippen LogP contribution in [0.3, 0.4) is 0 Å². The van der Waals surface area contributed by atoms with Crippen molar-refractivity contribution in [1.82, 2.24) is 0 Å². The van der Waals surface area contributed by atoms with Crippen LogP contribution in [-0.2, 0) is 10.1 Å². The van der Waals surface area contributed by atoms with E-state index in [0.29, 0.717) is 10.6 Å². The standard InChI is InChI=1S/C10H6O3S/c11-14(12)10-8-4-2-1-3-7(8)5-6-9(10)13-14/h1-6H. The third kappa shape index (κ3) is 0.834. The molecule has 0 fully saturated rings. The van der Waals surface area contributed by atoms with E-state index in [-0.39, 0.29) is 0 Å². The Kier molecular flexibility index (Phi) is 1.27. The SMILES string of the molecule is O=S1(=O)Oc2ccc3ccccc3c21. The van der Waals surface area contributed by atoms with Crippen LogP contribution in [0, 0.1) is 0 Å². The van der Waals surface area contributed by atoms with E-state index < -0.39 is 10.1 Å². The van der Waals surface area contributed by atoms with Crippen molar-refractivity contribution in [2.75, 3.05) is 0 Å². The van der Waals surface area contributed by atoms with Gasteiger partial charge >= 0.3 is 10.1 Å². The van der Waals surface area contributed by atoms with E-state index >= 15 is 0 Å².